The SMILES string of the molecule is CCCCCCCCOC(=O)C(CC(=O)OCCC(F)(F)C(F)(F)C(F)(F)C(F)F)SOOO. The zero-order valence-corrected chi connectivity index (χ0v) is 18.9. The summed E-state index contributed by atoms with van der Waals surface area (Å²) >= 11 is 0.0844. The van der Waals surface area contributed by atoms with Gasteiger partial charge < -0.3 is 9.47 Å². The minimum absolute atomic E-state index is 0.0310. The van der Waals surface area contributed by atoms with Gasteiger partial charge in [-0.1, -0.05) is 44.1 Å². The lowest BCUT2D eigenvalue weighted by Gasteiger charge is -2.32. The summed E-state index contributed by atoms with van der Waals surface area (Å²) in [4.78, 5) is 23.8. The Morgan fingerprint density at radius 3 is 2.06 bits per heavy atom. The third-order valence-corrected chi connectivity index (χ3v) is 5.11. The zero-order valence-electron chi connectivity index (χ0n) is 18.1. The topological polar surface area (TPSA) is 91.3 Å². The smallest absolute Gasteiger partial charge is 0.377 e. The number of carbonyl (C=O) groups excluding carboxylic acids is 2. The first kappa shape index (κ1) is 32.6. The van der Waals surface area contributed by atoms with Crippen LogP contribution in [0.1, 0.15) is 58.3 Å². The van der Waals surface area contributed by atoms with Gasteiger partial charge in [0.2, 0.25) is 0 Å². The molecule has 1 atom stereocenters. The Morgan fingerprint density at radius 2 is 1.50 bits per heavy atom. The highest BCUT2D eigenvalue weighted by molar-refractivity contribution is 7.95. The Hall–Kier alpha value is -1.39. The Labute approximate surface area is 194 Å². The van der Waals surface area contributed by atoms with Gasteiger partial charge in [-0.3, -0.25) is 9.59 Å². The summed E-state index contributed by atoms with van der Waals surface area (Å²) in [5.74, 6) is -20.9. The normalized spacial score (nSPS) is 13.7. The van der Waals surface area contributed by atoms with Crippen molar-refractivity contribution in [1.82, 2.24) is 0 Å². The molecule has 0 saturated carbocycles. The molecule has 0 fully saturated rings. The Bertz CT molecular complexity index is 611. The number of esters is 2. The molecule has 0 bridgehead atoms. The molecule has 1 unspecified atom stereocenters. The highest BCUT2D eigenvalue weighted by Gasteiger charge is 2.74. The van der Waals surface area contributed by atoms with E-state index in [2.05, 4.69) is 14.1 Å². The maximum Gasteiger partial charge on any atom is 0.377 e. The van der Waals surface area contributed by atoms with E-state index in [4.69, 9.17) is 9.99 Å². The van der Waals surface area contributed by atoms with Crippen molar-refractivity contribution in [3.8, 4) is 0 Å². The molecule has 202 valence electrons. The lowest BCUT2D eigenvalue weighted by molar-refractivity contribution is -0.432. The van der Waals surface area contributed by atoms with Crippen LogP contribution in [0.15, 0.2) is 0 Å². The predicted octanol–water partition coefficient (Wildman–Crippen LogP) is 5.82. The Balaban J connectivity index is 4.69. The molecule has 0 aromatic rings. The van der Waals surface area contributed by atoms with E-state index >= 15 is 0 Å². The van der Waals surface area contributed by atoms with E-state index < -0.39 is 60.8 Å². The first-order chi connectivity index (χ1) is 15.7. The third kappa shape index (κ3) is 10.5. The van der Waals surface area contributed by atoms with Crippen LogP contribution >= 0.6 is 12.0 Å². The van der Waals surface area contributed by atoms with Gasteiger partial charge in [0.05, 0.1) is 38.1 Å². The number of rotatable bonds is 19. The quantitative estimate of drug-likeness (QED) is 0.0549. The molecule has 34 heavy (non-hydrogen) atoms. The summed E-state index contributed by atoms with van der Waals surface area (Å²) in [5.41, 5.74) is 0. The van der Waals surface area contributed by atoms with Crippen LogP contribution in [-0.4, -0.2) is 59.9 Å². The monoisotopic (exact) mass is 538 g/mol. The van der Waals surface area contributed by atoms with Crippen molar-refractivity contribution in [2.45, 2.75) is 87.7 Å². The van der Waals surface area contributed by atoms with Crippen LogP contribution in [0.4, 0.5) is 35.1 Å². The molecule has 0 saturated heterocycles. The molecule has 16 heteroatoms. The molecule has 7 nitrogen and oxygen atoms in total. The van der Waals surface area contributed by atoms with Crippen LogP contribution in [0.5, 0.6) is 0 Å². The van der Waals surface area contributed by atoms with Crippen LogP contribution in [0.3, 0.4) is 0 Å². The maximum absolute atomic E-state index is 13.4. The van der Waals surface area contributed by atoms with E-state index in [1.807, 2.05) is 6.92 Å². The van der Waals surface area contributed by atoms with Crippen molar-refractivity contribution in [1.29, 1.82) is 0 Å². The van der Waals surface area contributed by atoms with Crippen molar-refractivity contribution < 1.29 is 68.8 Å². The molecule has 0 amide bonds. The second-order valence-electron chi connectivity index (χ2n) is 7.04. The van der Waals surface area contributed by atoms with Crippen molar-refractivity contribution >= 4 is 24.0 Å². The zero-order chi connectivity index (χ0) is 26.4. The van der Waals surface area contributed by atoms with Crippen molar-refractivity contribution in [2.75, 3.05) is 13.2 Å². The number of hydrogen-bond donors (Lipinski definition) is 1. The summed E-state index contributed by atoms with van der Waals surface area (Å²) in [7, 11) is 0. The molecule has 0 rings (SSSR count). The Morgan fingerprint density at radius 1 is 0.912 bits per heavy atom. The Kier molecular flexibility index (Phi) is 14.9. The highest BCUT2D eigenvalue weighted by Crippen LogP contribution is 2.49. The van der Waals surface area contributed by atoms with Crippen molar-refractivity contribution in [3.63, 3.8) is 0 Å². The largest absolute Gasteiger partial charge is 0.465 e. The number of ether oxygens (including phenoxy) is 2. The number of halogens is 8. The van der Waals surface area contributed by atoms with E-state index in [0.717, 1.165) is 32.1 Å². The van der Waals surface area contributed by atoms with E-state index in [-0.39, 0.29) is 18.6 Å². The van der Waals surface area contributed by atoms with E-state index in [0.29, 0.717) is 6.42 Å². The van der Waals surface area contributed by atoms with Gasteiger partial charge >= 0.3 is 36.1 Å². The molecule has 0 aromatic carbocycles. The maximum atomic E-state index is 13.4. The summed E-state index contributed by atoms with van der Waals surface area (Å²) in [6.45, 7) is 0.453. The first-order valence-corrected chi connectivity index (χ1v) is 10.9. The molecule has 0 radical (unpaired) electrons. The number of carbonyl (C=O) groups is 2. The van der Waals surface area contributed by atoms with Crippen LogP contribution in [0, 0.1) is 0 Å². The molecule has 0 heterocycles. The lowest BCUT2D eigenvalue weighted by atomic mass is 10.0. The van der Waals surface area contributed by atoms with Gasteiger partial charge in [0, 0.05) is 0 Å². The number of unbranched alkanes of at least 4 members (excludes halogenated alkanes) is 5. The fourth-order valence-corrected chi connectivity index (χ4v) is 2.89. The fourth-order valence-electron chi connectivity index (χ4n) is 2.41. The average Bonchev–Trinajstić information content (AvgIpc) is 2.75. The summed E-state index contributed by atoms with van der Waals surface area (Å²) in [6, 6.07) is 0. The molecular weight excluding hydrogens is 512 g/mol. The lowest BCUT2D eigenvalue weighted by Crippen LogP contribution is -2.57. The minimum Gasteiger partial charge on any atom is -0.465 e. The summed E-state index contributed by atoms with van der Waals surface area (Å²) < 4.78 is 116. The molecule has 0 aliphatic heterocycles. The number of alkyl halides is 8. The summed E-state index contributed by atoms with van der Waals surface area (Å²) in [5, 5.41) is 9.93. The number of hydrogen-bond acceptors (Lipinski definition) is 8. The van der Waals surface area contributed by atoms with Gasteiger partial charge in [-0.05, 0) is 6.42 Å². The van der Waals surface area contributed by atoms with Crippen LogP contribution in [-0.2, 0) is 28.4 Å². The highest BCUT2D eigenvalue weighted by atomic mass is 32.2. The van der Waals surface area contributed by atoms with Crippen LogP contribution in [0.2, 0.25) is 0 Å². The summed E-state index contributed by atoms with van der Waals surface area (Å²) in [6.07, 6.45) is -2.94. The average molecular weight is 538 g/mol. The second kappa shape index (κ2) is 15.6. The second-order valence-corrected chi connectivity index (χ2v) is 7.94. The fraction of sp³-hybridized carbons (Fsp3) is 0.889. The molecule has 1 N–H and O–H groups in total. The van der Waals surface area contributed by atoms with Crippen LogP contribution < -0.4 is 0 Å². The standard InChI is InChI=1S/C18H26F8O7S/c1-2-3-4-5-6-7-9-31-14(28)12(34-33-32-29)11-13(27)30-10-8-16(21,22)18(25,26)17(23,24)15(19)20/h12,15,29H,2-11H2,1H3. The van der Waals surface area contributed by atoms with E-state index in [1.54, 1.807) is 0 Å². The van der Waals surface area contributed by atoms with Gasteiger partial charge in [-0.15, -0.1) is 4.33 Å². The third-order valence-electron chi connectivity index (χ3n) is 4.37. The minimum atomic E-state index is -6.42. The van der Waals surface area contributed by atoms with Crippen LogP contribution in [0.25, 0.3) is 0 Å². The molecule has 0 aliphatic rings. The molecular formula is C18H26F8O7S. The van der Waals surface area contributed by atoms with E-state index in [9.17, 15) is 44.7 Å². The van der Waals surface area contributed by atoms with Gasteiger partial charge in [0.15, 0.2) is 0 Å². The molecule has 0 aromatic heterocycles. The van der Waals surface area contributed by atoms with Gasteiger partial charge in [-0.25, -0.2) is 14.0 Å². The molecule has 0 aliphatic carbocycles. The van der Waals surface area contributed by atoms with Gasteiger partial charge in [0.25, 0.3) is 0 Å². The predicted molar refractivity (Wildman–Crippen MR) is 102 cm³/mol. The first-order valence-electron chi connectivity index (χ1n) is 10.1. The van der Waals surface area contributed by atoms with Crippen molar-refractivity contribution in [2.24, 2.45) is 0 Å². The van der Waals surface area contributed by atoms with Gasteiger partial charge in [-0.2, -0.15) is 26.3 Å². The van der Waals surface area contributed by atoms with Crippen molar-refractivity contribution in [3.05, 3.63) is 0 Å². The van der Waals surface area contributed by atoms with Gasteiger partial charge in [0.1, 0.15) is 5.25 Å². The van der Waals surface area contributed by atoms with E-state index in [1.165, 1.54) is 0 Å². The molecule has 0 spiro atoms.